The number of nitrogens with one attached hydrogen (secondary N) is 2. The van der Waals surface area contributed by atoms with Gasteiger partial charge in [-0.2, -0.15) is 0 Å². The molecule has 0 spiro atoms. The molecule has 24 heavy (non-hydrogen) atoms. The van der Waals surface area contributed by atoms with Crippen molar-refractivity contribution in [2.45, 2.75) is 19.4 Å². The van der Waals surface area contributed by atoms with E-state index in [0.29, 0.717) is 18.8 Å². The molecule has 0 atom stereocenters. The number of aryl methyl sites for hydroxylation is 1. The quantitative estimate of drug-likeness (QED) is 0.566. The van der Waals surface area contributed by atoms with Crippen molar-refractivity contribution in [1.82, 2.24) is 20.3 Å². The van der Waals surface area contributed by atoms with E-state index in [9.17, 15) is 4.79 Å². The molecule has 3 rings (SSSR count). The minimum absolute atomic E-state index is 0. The molecule has 4 N–H and O–H groups in total. The molecule has 0 aliphatic rings. The van der Waals surface area contributed by atoms with E-state index in [4.69, 9.17) is 5.73 Å². The molecule has 0 aliphatic heterocycles. The second-order valence-corrected chi connectivity index (χ2v) is 5.83. The number of carbonyl (C=O) groups excluding carboxylic acids is 1. The molecule has 2 aromatic heterocycles. The second kappa shape index (κ2) is 9.58. The van der Waals surface area contributed by atoms with Crippen molar-refractivity contribution in [2.75, 3.05) is 6.54 Å². The van der Waals surface area contributed by atoms with E-state index in [1.165, 1.54) is 11.3 Å². The van der Waals surface area contributed by atoms with Gasteiger partial charge in [0.15, 0.2) is 0 Å². The van der Waals surface area contributed by atoms with Crippen molar-refractivity contribution in [3.63, 3.8) is 0 Å². The first kappa shape index (κ1) is 20.4. The van der Waals surface area contributed by atoms with Crippen LogP contribution in [-0.2, 0) is 13.0 Å². The van der Waals surface area contributed by atoms with Gasteiger partial charge in [0.25, 0.3) is 5.91 Å². The van der Waals surface area contributed by atoms with Gasteiger partial charge in [0.1, 0.15) is 16.5 Å². The molecule has 130 valence electrons. The molecule has 2 heterocycles. The number of imidazole rings is 1. The Morgan fingerprint density at radius 2 is 2.04 bits per heavy atom. The van der Waals surface area contributed by atoms with E-state index >= 15 is 0 Å². The Morgan fingerprint density at radius 1 is 1.25 bits per heavy atom. The minimum Gasteiger partial charge on any atom is -0.351 e. The van der Waals surface area contributed by atoms with Gasteiger partial charge in [-0.1, -0.05) is 12.1 Å². The molecule has 0 aliphatic carbocycles. The highest BCUT2D eigenvalue weighted by molar-refractivity contribution is 7.09. The molecule has 1 amide bonds. The number of amides is 1. The minimum atomic E-state index is -0.152. The topological polar surface area (TPSA) is 96.7 Å². The standard InChI is InChI=1S/C15H17N5OS.2ClH/c16-8-14-20-12(9-22-14)15(21)17-7-3-6-13-18-10-4-1-2-5-11(10)19-13;;/h1-2,4-5,9H,3,6-8,16H2,(H,17,21)(H,18,19);2*1H. The normalized spacial score (nSPS) is 10.0. The largest absolute Gasteiger partial charge is 0.351 e. The highest BCUT2D eigenvalue weighted by atomic mass is 35.5. The summed E-state index contributed by atoms with van der Waals surface area (Å²) in [5.41, 5.74) is 7.94. The molecular weight excluding hydrogens is 369 g/mol. The SMILES string of the molecule is Cl.Cl.NCc1nc(C(=O)NCCCc2nc3ccccc3[nH]2)cs1. The third kappa shape index (κ3) is 4.91. The van der Waals surface area contributed by atoms with E-state index in [1.54, 1.807) is 5.38 Å². The fraction of sp³-hybridized carbons (Fsp3) is 0.267. The van der Waals surface area contributed by atoms with Crippen molar-refractivity contribution >= 4 is 53.1 Å². The van der Waals surface area contributed by atoms with Crippen molar-refractivity contribution < 1.29 is 4.79 Å². The van der Waals surface area contributed by atoms with Crippen LogP contribution in [0.5, 0.6) is 0 Å². The number of carbonyl (C=O) groups is 1. The van der Waals surface area contributed by atoms with Gasteiger partial charge in [0.05, 0.1) is 11.0 Å². The number of fused-ring (bicyclic) bond motifs is 1. The molecule has 6 nitrogen and oxygen atoms in total. The van der Waals surface area contributed by atoms with Crippen LogP contribution in [-0.4, -0.2) is 27.4 Å². The Hall–Kier alpha value is -1.67. The van der Waals surface area contributed by atoms with Gasteiger partial charge in [-0.25, -0.2) is 9.97 Å². The van der Waals surface area contributed by atoms with Crippen LogP contribution in [0.15, 0.2) is 29.6 Å². The number of nitrogens with zero attached hydrogens (tertiary/aromatic N) is 2. The van der Waals surface area contributed by atoms with Gasteiger partial charge in [-0.05, 0) is 18.6 Å². The fourth-order valence-electron chi connectivity index (χ4n) is 2.18. The number of aromatic amines is 1. The fourth-order valence-corrected chi connectivity index (χ4v) is 2.84. The Morgan fingerprint density at radius 3 is 2.75 bits per heavy atom. The van der Waals surface area contributed by atoms with Crippen molar-refractivity contribution in [3.8, 4) is 0 Å². The zero-order chi connectivity index (χ0) is 15.4. The smallest absolute Gasteiger partial charge is 0.270 e. The Balaban J connectivity index is 0.00000144. The number of thiazole rings is 1. The average molecular weight is 388 g/mol. The van der Waals surface area contributed by atoms with Gasteiger partial charge in [-0.15, -0.1) is 36.2 Å². The predicted octanol–water partition coefficient (Wildman–Crippen LogP) is 2.68. The highest BCUT2D eigenvalue weighted by Crippen LogP contribution is 2.11. The zero-order valence-corrected chi connectivity index (χ0v) is 15.3. The number of benzene rings is 1. The third-order valence-electron chi connectivity index (χ3n) is 3.27. The monoisotopic (exact) mass is 387 g/mol. The average Bonchev–Trinajstić information content (AvgIpc) is 3.17. The maximum Gasteiger partial charge on any atom is 0.270 e. The lowest BCUT2D eigenvalue weighted by Gasteiger charge is -2.01. The summed E-state index contributed by atoms with van der Waals surface area (Å²) in [6.45, 7) is 0.954. The summed E-state index contributed by atoms with van der Waals surface area (Å²) in [5.74, 6) is 0.787. The van der Waals surface area contributed by atoms with E-state index in [1.807, 2.05) is 24.3 Å². The third-order valence-corrected chi connectivity index (χ3v) is 4.14. The van der Waals surface area contributed by atoms with E-state index < -0.39 is 0 Å². The molecule has 0 unspecified atom stereocenters. The molecule has 3 aromatic rings. The number of H-pyrrole nitrogens is 1. The summed E-state index contributed by atoms with van der Waals surface area (Å²) in [7, 11) is 0. The zero-order valence-electron chi connectivity index (χ0n) is 12.8. The Bertz CT molecular complexity index is 756. The van der Waals surface area contributed by atoms with Gasteiger partial charge >= 0.3 is 0 Å². The first-order valence-electron chi connectivity index (χ1n) is 7.12. The van der Waals surface area contributed by atoms with Crippen LogP contribution in [0.2, 0.25) is 0 Å². The number of hydrogen-bond acceptors (Lipinski definition) is 5. The van der Waals surface area contributed by atoms with Crippen LogP contribution >= 0.6 is 36.2 Å². The molecule has 0 saturated heterocycles. The van der Waals surface area contributed by atoms with Crippen molar-refractivity contribution in [1.29, 1.82) is 0 Å². The van der Waals surface area contributed by atoms with E-state index in [0.717, 1.165) is 34.7 Å². The first-order chi connectivity index (χ1) is 10.8. The van der Waals surface area contributed by atoms with Crippen LogP contribution in [0.4, 0.5) is 0 Å². The molecular formula is C15H19Cl2N5OS. The van der Waals surface area contributed by atoms with E-state index in [2.05, 4.69) is 20.3 Å². The molecule has 1 aromatic carbocycles. The van der Waals surface area contributed by atoms with Crippen LogP contribution < -0.4 is 11.1 Å². The highest BCUT2D eigenvalue weighted by Gasteiger charge is 2.09. The summed E-state index contributed by atoms with van der Waals surface area (Å²) in [6.07, 6.45) is 1.61. The van der Waals surface area contributed by atoms with Gasteiger partial charge in [0, 0.05) is 24.9 Å². The van der Waals surface area contributed by atoms with Gasteiger partial charge in [-0.3, -0.25) is 4.79 Å². The van der Waals surface area contributed by atoms with Crippen molar-refractivity contribution in [3.05, 3.63) is 46.2 Å². The summed E-state index contributed by atoms with van der Waals surface area (Å²) in [5, 5.41) is 5.37. The number of para-hydroxylation sites is 2. The molecule has 0 radical (unpaired) electrons. The maximum atomic E-state index is 11.9. The molecule has 0 bridgehead atoms. The molecule has 0 saturated carbocycles. The summed E-state index contributed by atoms with van der Waals surface area (Å²) in [4.78, 5) is 23.8. The number of aromatic nitrogens is 3. The van der Waals surface area contributed by atoms with Gasteiger partial charge in [0.2, 0.25) is 0 Å². The molecule has 0 fully saturated rings. The number of hydrogen-bond donors (Lipinski definition) is 3. The lowest BCUT2D eigenvalue weighted by molar-refractivity contribution is 0.0948. The number of nitrogens with two attached hydrogens (primary N) is 1. The number of halogens is 2. The molecule has 9 heteroatoms. The predicted molar refractivity (Wildman–Crippen MR) is 101 cm³/mol. The van der Waals surface area contributed by atoms with E-state index in [-0.39, 0.29) is 30.7 Å². The lowest BCUT2D eigenvalue weighted by Crippen LogP contribution is -2.25. The maximum absolute atomic E-state index is 11.9. The van der Waals surface area contributed by atoms with Crippen LogP contribution in [0.3, 0.4) is 0 Å². The second-order valence-electron chi connectivity index (χ2n) is 4.89. The number of rotatable bonds is 6. The van der Waals surface area contributed by atoms with Crippen LogP contribution in [0.1, 0.15) is 27.7 Å². The van der Waals surface area contributed by atoms with Crippen LogP contribution in [0, 0.1) is 0 Å². The summed E-state index contributed by atoms with van der Waals surface area (Å²) in [6, 6.07) is 7.93. The Kier molecular flexibility index (Phi) is 8.14. The lowest BCUT2D eigenvalue weighted by atomic mass is 10.3. The van der Waals surface area contributed by atoms with Crippen molar-refractivity contribution in [2.24, 2.45) is 5.73 Å². The van der Waals surface area contributed by atoms with Crippen LogP contribution in [0.25, 0.3) is 11.0 Å². The first-order valence-corrected chi connectivity index (χ1v) is 8.00. The van der Waals surface area contributed by atoms with Gasteiger partial charge < -0.3 is 16.0 Å². The summed E-state index contributed by atoms with van der Waals surface area (Å²) < 4.78 is 0. The summed E-state index contributed by atoms with van der Waals surface area (Å²) >= 11 is 1.40. The Labute approximate surface area is 156 Å².